The van der Waals surface area contributed by atoms with Gasteiger partial charge in [-0.05, 0) is 19.3 Å². The van der Waals surface area contributed by atoms with Gasteiger partial charge in [0.1, 0.15) is 0 Å². The van der Waals surface area contributed by atoms with Gasteiger partial charge in [-0.1, -0.05) is 26.2 Å². The summed E-state index contributed by atoms with van der Waals surface area (Å²) >= 11 is 0. The van der Waals surface area contributed by atoms with Crippen molar-refractivity contribution in [2.45, 2.75) is 50.7 Å². The van der Waals surface area contributed by atoms with Crippen molar-refractivity contribution in [1.29, 1.82) is 0 Å². The van der Waals surface area contributed by atoms with E-state index >= 15 is 0 Å². The summed E-state index contributed by atoms with van der Waals surface area (Å²) in [6, 6.07) is 0. The molecule has 4 nitrogen and oxygen atoms in total. The predicted octanol–water partition coefficient (Wildman–Crippen LogP) is -1.74. The van der Waals surface area contributed by atoms with Crippen molar-refractivity contribution in [2.75, 3.05) is 6.61 Å². The Hall–Kier alpha value is 1.51. The van der Waals surface area contributed by atoms with E-state index in [1.165, 1.54) is 0 Å². The van der Waals surface area contributed by atoms with Gasteiger partial charge in [-0.15, -0.1) is 0 Å². The molecule has 0 aromatic rings. The van der Waals surface area contributed by atoms with Gasteiger partial charge in [-0.25, -0.2) is 8.42 Å². The molecule has 86 valence electrons. The molecule has 0 fully saturated rings. The van der Waals surface area contributed by atoms with E-state index in [-0.39, 0.29) is 58.0 Å². The van der Waals surface area contributed by atoms with Crippen LogP contribution in [0.25, 0.3) is 0 Å². The van der Waals surface area contributed by atoms with Crippen LogP contribution in [0.1, 0.15) is 45.4 Å². The summed E-state index contributed by atoms with van der Waals surface area (Å²) in [5.74, 6) is 0. The zero-order chi connectivity index (χ0) is 11.0. The van der Waals surface area contributed by atoms with Crippen LogP contribution in [-0.2, 0) is 10.1 Å². The van der Waals surface area contributed by atoms with Crippen LogP contribution in [0.4, 0.5) is 0 Å². The molecule has 0 radical (unpaired) electrons. The van der Waals surface area contributed by atoms with Crippen molar-refractivity contribution in [3.8, 4) is 0 Å². The van der Waals surface area contributed by atoms with Crippen molar-refractivity contribution in [3.05, 3.63) is 0 Å². The summed E-state index contributed by atoms with van der Waals surface area (Å²) in [5, 5.41) is 7.78. The maximum atomic E-state index is 10.8. The molecule has 0 amide bonds. The summed E-state index contributed by atoms with van der Waals surface area (Å²) in [5.41, 5.74) is 0. The maximum absolute atomic E-state index is 10.8. The van der Waals surface area contributed by atoms with Crippen molar-refractivity contribution < 1.29 is 69.5 Å². The fourth-order valence-electron chi connectivity index (χ4n) is 1.42. The normalized spacial score (nSPS) is 13.3. The molecule has 0 aromatic carbocycles. The van der Waals surface area contributed by atoms with Crippen LogP contribution >= 0.6 is 0 Å². The molecule has 1 atom stereocenters. The van der Waals surface area contributed by atoms with Crippen LogP contribution in [0.5, 0.6) is 0 Å². The largest absolute Gasteiger partial charge is 1.00 e. The summed E-state index contributed by atoms with van der Waals surface area (Å²) in [4.78, 5) is 0. The van der Waals surface area contributed by atoms with Gasteiger partial charge in [-0.3, -0.25) is 0 Å². The Morgan fingerprint density at radius 2 is 1.80 bits per heavy atom. The standard InChI is InChI=1S/C9H20O4S.K/c1-2-6-9(14(11,12)13)7-4-3-5-8-10;/h9-10H,2-8H2,1H3,(H,11,12,13);/q;+1/p-1. The second-order valence-corrected chi connectivity index (χ2v) is 5.13. The molecule has 0 saturated heterocycles. The molecule has 0 aliphatic rings. The van der Waals surface area contributed by atoms with E-state index in [9.17, 15) is 13.0 Å². The van der Waals surface area contributed by atoms with E-state index in [1.54, 1.807) is 0 Å². The van der Waals surface area contributed by atoms with Gasteiger partial charge in [0, 0.05) is 11.9 Å². The van der Waals surface area contributed by atoms with E-state index in [1.807, 2.05) is 6.92 Å². The second kappa shape index (κ2) is 10.6. The molecule has 15 heavy (non-hydrogen) atoms. The Labute approximate surface area is 135 Å². The van der Waals surface area contributed by atoms with Crippen LogP contribution in [0.15, 0.2) is 0 Å². The Morgan fingerprint density at radius 3 is 2.20 bits per heavy atom. The number of unbranched alkanes of at least 4 members (excludes halogenated alkanes) is 2. The van der Waals surface area contributed by atoms with Gasteiger partial charge in [0.2, 0.25) is 0 Å². The van der Waals surface area contributed by atoms with E-state index in [2.05, 4.69) is 0 Å². The minimum Gasteiger partial charge on any atom is -0.748 e. The van der Waals surface area contributed by atoms with Crippen molar-refractivity contribution >= 4 is 10.1 Å². The Bertz CT molecular complexity index is 228. The first-order valence-electron chi connectivity index (χ1n) is 5.08. The molecule has 6 heteroatoms. The molecular formula is C9H19KO4S. The second-order valence-electron chi connectivity index (χ2n) is 3.48. The fourth-order valence-corrected chi connectivity index (χ4v) is 2.40. The van der Waals surface area contributed by atoms with Crippen LogP contribution < -0.4 is 51.4 Å². The molecule has 1 N–H and O–H groups in total. The van der Waals surface area contributed by atoms with Crippen LogP contribution in [-0.4, -0.2) is 29.9 Å². The number of hydrogen-bond acceptors (Lipinski definition) is 4. The number of rotatable bonds is 8. The Kier molecular flexibility index (Phi) is 13.4. The average Bonchev–Trinajstić information content (AvgIpc) is 2.08. The fraction of sp³-hybridized carbons (Fsp3) is 1.00. The van der Waals surface area contributed by atoms with Gasteiger partial charge >= 0.3 is 51.4 Å². The zero-order valence-corrected chi connectivity index (χ0v) is 13.5. The molecule has 0 heterocycles. The smallest absolute Gasteiger partial charge is 0.748 e. The topological polar surface area (TPSA) is 77.4 Å². The zero-order valence-electron chi connectivity index (χ0n) is 9.61. The summed E-state index contributed by atoms with van der Waals surface area (Å²) in [6.45, 7) is 1.99. The first-order chi connectivity index (χ1) is 6.52. The van der Waals surface area contributed by atoms with Crippen molar-refractivity contribution in [2.24, 2.45) is 0 Å². The number of aliphatic hydroxyl groups excluding tert-OH is 1. The van der Waals surface area contributed by atoms with Gasteiger partial charge in [0.05, 0.1) is 10.1 Å². The third kappa shape index (κ3) is 10.4. The van der Waals surface area contributed by atoms with E-state index in [0.29, 0.717) is 32.1 Å². The monoisotopic (exact) mass is 262 g/mol. The third-order valence-electron chi connectivity index (χ3n) is 2.20. The van der Waals surface area contributed by atoms with Crippen LogP contribution in [0.2, 0.25) is 0 Å². The number of hydrogen-bond donors (Lipinski definition) is 1. The SMILES string of the molecule is CCCC(CCCCCO)S(=O)(=O)[O-].[K+]. The number of aliphatic hydroxyl groups is 1. The van der Waals surface area contributed by atoms with Crippen LogP contribution in [0.3, 0.4) is 0 Å². The van der Waals surface area contributed by atoms with Crippen molar-refractivity contribution in [1.82, 2.24) is 0 Å². The van der Waals surface area contributed by atoms with Gasteiger partial charge in [0.15, 0.2) is 0 Å². The first-order valence-corrected chi connectivity index (χ1v) is 6.55. The van der Waals surface area contributed by atoms with E-state index in [4.69, 9.17) is 5.11 Å². The summed E-state index contributed by atoms with van der Waals surface area (Å²) in [6.07, 6.45) is 3.76. The predicted molar refractivity (Wildman–Crippen MR) is 53.9 cm³/mol. The molecule has 0 bridgehead atoms. The summed E-state index contributed by atoms with van der Waals surface area (Å²) < 4.78 is 32.3. The van der Waals surface area contributed by atoms with E-state index in [0.717, 1.165) is 6.42 Å². The summed E-state index contributed by atoms with van der Waals surface area (Å²) in [7, 11) is -4.13. The average molecular weight is 262 g/mol. The third-order valence-corrected chi connectivity index (χ3v) is 3.49. The Morgan fingerprint density at radius 1 is 1.20 bits per heavy atom. The molecule has 0 spiro atoms. The quantitative estimate of drug-likeness (QED) is 0.320. The van der Waals surface area contributed by atoms with Gasteiger partial charge < -0.3 is 9.66 Å². The Balaban J connectivity index is 0. The molecule has 0 aromatic heterocycles. The van der Waals surface area contributed by atoms with Crippen LogP contribution in [0, 0.1) is 0 Å². The van der Waals surface area contributed by atoms with Gasteiger partial charge in [0.25, 0.3) is 0 Å². The van der Waals surface area contributed by atoms with Gasteiger partial charge in [-0.2, -0.15) is 0 Å². The molecular weight excluding hydrogens is 243 g/mol. The molecule has 0 aliphatic carbocycles. The molecule has 0 aliphatic heterocycles. The first kappa shape index (κ1) is 18.9. The molecule has 1 unspecified atom stereocenters. The molecule has 0 rings (SSSR count). The minimum absolute atomic E-state index is 0. The van der Waals surface area contributed by atoms with E-state index < -0.39 is 15.4 Å². The minimum atomic E-state index is -4.13. The maximum Gasteiger partial charge on any atom is 1.00 e. The molecule has 0 saturated carbocycles. The van der Waals surface area contributed by atoms with Crippen molar-refractivity contribution in [3.63, 3.8) is 0 Å².